The standard InChI is InChI=1S/C15H20O3S/c1-12(7-10-16)13-3-5-14(6-4-13)15(8-9-15)11-19(2,17)18/h3-6,10,12H,7-9,11H2,1-2H3. The van der Waals surface area contributed by atoms with E-state index >= 15 is 0 Å². The average Bonchev–Trinajstić information content (AvgIpc) is 3.08. The van der Waals surface area contributed by atoms with Gasteiger partial charge in [0.2, 0.25) is 0 Å². The highest BCUT2D eigenvalue weighted by atomic mass is 32.2. The number of sulfone groups is 1. The molecule has 0 amide bonds. The van der Waals surface area contributed by atoms with E-state index in [0.717, 1.165) is 30.3 Å². The summed E-state index contributed by atoms with van der Waals surface area (Å²) in [4.78, 5) is 10.5. The monoisotopic (exact) mass is 280 g/mol. The van der Waals surface area contributed by atoms with Gasteiger partial charge in [0.25, 0.3) is 0 Å². The summed E-state index contributed by atoms with van der Waals surface area (Å²) in [6.07, 6.45) is 4.65. The molecule has 4 heteroatoms. The fourth-order valence-corrected chi connectivity index (χ4v) is 4.07. The van der Waals surface area contributed by atoms with Crippen LogP contribution in [0.15, 0.2) is 24.3 Å². The van der Waals surface area contributed by atoms with Crippen LogP contribution in [0, 0.1) is 0 Å². The Morgan fingerprint density at radius 2 is 1.84 bits per heavy atom. The van der Waals surface area contributed by atoms with Crippen LogP contribution in [0.1, 0.15) is 43.2 Å². The Morgan fingerprint density at radius 3 is 2.26 bits per heavy atom. The lowest BCUT2D eigenvalue weighted by Crippen LogP contribution is -2.19. The minimum atomic E-state index is -2.95. The molecular formula is C15H20O3S. The minimum Gasteiger partial charge on any atom is -0.303 e. The molecule has 104 valence electrons. The van der Waals surface area contributed by atoms with Crippen molar-refractivity contribution in [3.8, 4) is 0 Å². The molecule has 0 saturated heterocycles. The molecule has 1 unspecified atom stereocenters. The summed E-state index contributed by atoms with van der Waals surface area (Å²) < 4.78 is 23.0. The van der Waals surface area contributed by atoms with E-state index in [1.807, 2.05) is 31.2 Å². The van der Waals surface area contributed by atoms with Crippen LogP contribution in [0.4, 0.5) is 0 Å². The highest BCUT2D eigenvalue weighted by Gasteiger charge is 2.46. The van der Waals surface area contributed by atoms with E-state index in [4.69, 9.17) is 0 Å². The highest BCUT2D eigenvalue weighted by molar-refractivity contribution is 7.90. The molecule has 2 rings (SSSR count). The van der Waals surface area contributed by atoms with Crippen molar-refractivity contribution in [3.05, 3.63) is 35.4 Å². The topological polar surface area (TPSA) is 51.2 Å². The molecule has 1 atom stereocenters. The molecule has 0 bridgehead atoms. The van der Waals surface area contributed by atoms with Gasteiger partial charge >= 0.3 is 0 Å². The predicted octanol–water partition coefficient (Wildman–Crippen LogP) is 2.46. The van der Waals surface area contributed by atoms with Crippen molar-refractivity contribution in [2.45, 2.75) is 37.5 Å². The molecule has 0 aliphatic heterocycles. The second-order valence-electron chi connectivity index (χ2n) is 5.78. The van der Waals surface area contributed by atoms with Gasteiger partial charge in [0.05, 0.1) is 5.75 Å². The Kier molecular flexibility index (Phi) is 3.81. The van der Waals surface area contributed by atoms with E-state index in [1.54, 1.807) is 0 Å². The smallest absolute Gasteiger partial charge is 0.148 e. The fraction of sp³-hybridized carbons (Fsp3) is 0.533. The number of aldehydes is 1. The maximum atomic E-state index is 11.5. The summed E-state index contributed by atoms with van der Waals surface area (Å²) in [6, 6.07) is 8.08. The van der Waals surface area contributed by atoms with E-state index < -0.39 is 9.84 Å². The molecule has 1 fully saturated rings. The van der Waals surface area contributed by atoms with Crippen molar-refractivity contribution >= 4 is 16.1 Å². The zero-order valence-electron chi connectivity index (χ0n) is 11.4. The highest BCUT2D eigenvalue weighted by Crippen LogP contribution is 2.49. The predicted molar refractivity (Wildman–Crippen MR) is 76.2 cm³/mol. The second-order valence-corrected chi connectivity index (χ2v) is 7.92. The Hall–Kier alpha value is -1.16. The Balaban J connectivity index is 2.17. The number of hydrogen-bond acceptors (Lipinski definition) is 3. The lowest BCUT2D eigenvalue weighted by Gasteiger charge is -2.16. The maximum Gasteiger partial charge on any atom is 0.148 e. The third-order valence-electron chi connectivity index (χ3n) is 3.93. The lowest BCUT2D eigenvalue weighted by molar-refractivity contribution is -0.108. The van der Waals surface area contributed by atoms with Gasteiger partial charge < -0.3 is 4.79 Å². The molecule has 0 spiro atoms. The van der Waals surface area contributed by atoms with Crippen LogP contribution >= 0.6 is 0 Å². The second kappa shape index (κ2) is 5.08. The molecular weight excluding hydrogens is 260 g/mol. The van der Waals surface area contributed by atoms with Gasteiger partial charge in [-0.2, -0.15) is 0 Å². The zero-order valence-corrected chi connectivity index (χ0v) is 12.2. The maximum absolute atomic E-state index is 11.5. The zero-order chi connectivity index (χ0) is 14.1. The van der Waals surface area contributed by atoms with Gasteiger partial charge in [-0.1, -0.05) is 31.2 Å². The van der Waals surface area contributed by atoms with Gasteiger partial charge in [-0.05, 0) is 29.9 Å². The molecule has 1 aliphatic rings. The van der Waals surface area contributed by atoms with Crippen molar-refractivity contribution in [2.75, 3.05) is 12.0 Å². The first kappa shape index (κ1) is 14.3. The normalized spacial score (nSPS) is 18.8. The van der Waals surface area contributed by atoms with Crippen molar-refractivity contribution in [3.63, 3.8) is 0 Å². The largest absolute Gasteiger partial charge is 0.303 e. The molecule has 0 aromatic heterocycles. The van der Waals surface area contributed by atoms with Crippen LogP contribution < -0.4 is 0 Å². The molecule has 0 N–H and O–H groups in total. The molecule has 0 radical (unpaired) electrons. The van der Waals surface area contributed by atoms with E-state index in [2.05, 4.69) is 0 Å². The summed E-state index contributed by atoms with van der Waals surface area (Å²) in [5.41, 5.74) is 2.09. The molecule has 1 aliphatic carbocycles. The number of carbonyl (C=O) groups is 1. The van der Waals surface area contributed by atoms with E-state index in [-0.39, 0.29) is 17.1 Å². The van der Waals surface area contributed by atoms with Gasteiger partial charge in [0.1, 0.15) is 16.1 Å². The first-order chi connectivity index (χ1) is 8.86. The number of hydrogen-bond donors (Lipinski definition) is 0. The molecule has 1 aromatic rings. The fourth-order valence-electron chi connectivity index (χ4n) is 2.61. The Morgan fingerprint density at radius 1 is 1.26 bits per heavy atom. The first-order valence-electron chi connectivity index (χ1n) is 6.58. The molecule has 0 heterocycles. The van der Waals surface area contributed by atoms with Crippen LogP contribution in [0.3, 0.4) is 0 Å². The summed E-state index contributed by atoms with van der Waals surface area (Å²) in [7, 11) is -2.95. The van der Waals surface area contributed by atoms with Gasteiger partial charge in [0.15, 0.2) is 0 Å². The number of rotatable bonds is 6. The first-order valence-corrected chi connectivity index (χ1v) is 8.64. The molecule has 1 saturated carbocycles. The third-order valence-corrected chi connectivity index (χ3v) is 5.01. The number of carbonyl (C=O) groups excluding carboxylic acids is 1. The van der Waals surface area contributed by atoms with Crippen LogP contribution in [-0.4, -0.2) is 26.7 Å². The summed E-state index contributed by atoms with van der Waals surface area (Å²) >= 11 is 0. The summed E-state index contributed by atoms with van der Waals surface area (Å²) in [6.45, 7) is 2.02. The van der Waals surface area contributed by atoms with Crippen LogP contribution in [0.25, 0.3) is 0 Å². The van der Waals surface area contributed by atoms with E-state index in [0.29, 0.717) is 6.42 Å². The van der Waals surface area contributed by atoms with Gasteiger partial charge in [-0.25, -0.2) is 8.42 Å². The van der Waals surface area contributed by atoms with Crippen molar-refractivity contribution < 1.29 is 13.2 Å². The van der Waals surface area contributed by atoms with Gasteiger partial charge in [-0.3, -0.25) is 0 Å². The van der Waals surface area contributed by atoms with Crippen LogP contribution in [-0.2, 0) is 20.0 Å². The van der Waals surface area contributed by atoms with E-state index in [9.17, 15) is 13.2 Å². The summed E-state index contributed by atoms with van der Waals surface area (Å²) in [5, 5.41) is 0. The lowest BCUT2D eigenvalue weighted by atomic mass is 9.93. The average molecular weight is 280 g/mol. The minimum absolute atomic E-state index is 0.153. The third kappa shape index (κ3) is 3.44. The van der Waals surface area contributed by atoms with Gasteiger partial charge in [0, 0.05) is 18.1 Å². The SMILES string of the molecule is CC(CC=O)c1ccc(C2(CS(C)(=O)=O)CC2)cc1. The van der Waals surface area contributed by atoms with Gasteiger partial charge in [-0.15, -0.1) is 0 Å². The Bertz CT molecular complexity index is 554. The molecule has 19 heavy (non-hydrogen) atoms. The van der Waals surface area contributed by atoms with E-state index in [1.165, 1.54) is 6.26 Å². The molecule has 1 aromatic carbocycles. The Labute approximate surface area is 114 Å². The summed E-state index contributed by atoms with van der Waals surface area (Å²) in [5.74, 6) is 0.458. The quantitative estimate of drug-likeness (QED) is 0.752. The van der Waals surface area contributed by atoms with Crippen molar-refractivity contribution in [2.24, 2.45) is 0 Å². The van der Waals surface area contributed by atoms with Crippen LogP contribution in [0.5, 0.6) is 0 Å². The van der Waals surface area contributed by atoms with Crippen LogP contribution in [0.2, 0.25) is 0 Å². The van der Waals surface area contributed by atoms with Crippen molar-refractivity contribution in [1.82, 2.24) is 0 Å². The molecule has 3 nitrogen and oxygen atoms in total. The van der Waals surface area contributed by atoms with Crippen molar-refractivity contribution in [1.29, 1.82) is 0 Å². The number of benzene rings is 1.